The molecule has 7 heteroatoms. The van der Waals surface area contributed by atoms with Crippen LogP contribution in [-0.2, 0) is 14.3 Å². The molecule has 0 radical (unpaired) electrons. The Morgan fingerprint density at radius 2 is 1.88 bits per heavy atom. The summed E-state index contributed by atoms with van der Waals surface area (Å²) < 4.78 is 4.93. The smallest absolute Gasteiger partial charge is 0.325 e. The third-order valence-electron chi connectivity index (χ3n) is 6.87. The van der Waals surface area contributed by atoms with Crippen LogP contribution in [0.1, 0.15) is 50.5 Å². The number of amides is 1. The van der Waals surface area contributed by atoms with Gasteiger partial charge in [-0.15, -0.1) is 0 Å². The van der Waals surface area contributed by atoms with E-state index in [4.69, 9.17) is 4.74 Å². The van der Waals surface area contributed by atoms with Gasteiger partial charge < -0.3 is 20.3 Å². The van der Waals surface area contributed by atoms with Crippen molar-refractivity contribution in [1.82, 2.24) is 10.2 Å². The highest BCUT2D eigenvalue weighted by molar-refractivity contribution is 5.84. The van der Waals surface area contributed by atoms with Crippen molar-refractivity contribution < 1.29 is 24.5 Å². The van der Waals surface area contributed by atoms with Crippen LogP contribution in [0.5, 0.6) is 5.75 Å². The van der Waals surface area contributed by atoms with Crippen molar-refractivity contribution in [3.63, 3.8) is 0 Å². The number of carbonyl (C=O) groups excluding carboxylic acids is 2. The van der Waals surface area contributed by atoms with Gasteiger partial charge in [0.25, 0.3) is 0 Å². The quantitative estimate of drug-likeness (QED) is 0.488. The van der Waals surface area contributed by atoms with Crippen LogP contribution in [0, 0.1) is 17.8 Å². The number of hydrogen-bond donors (Lipinski definition) is 3. The summed E-state index contributed by atoms with van der Waals surface area (Å²) in [6.07, 6.45) is -0.0717. The number of aliphatic hydroxyl groups excluding tert-OH is 1. The number of nitrogens with one attached hydrogen (secondary N) is 1. The second-order valence-electron chi connectivity index (χ2n) is 9.14. The lowest BCUT2D eigenvalue weighted by Crippen LogP contribution is -2.48. The van der Waals surface area contributed by atoms with Crippen molar-refractivity contribution in [2.75, 3.05) is 26.2 Å². The van der Waals surface area contributed by atoms with Crippen molar-refractivity contribution >= 4 is 11.9 Å². The second kappa shape index (κ2) is 12.0. The zero-order chi connectivity index (χ0) is 24.7. The Labute approximate surface area is 201 Å². The SMILES string of the molecule is CCOC(=O)CNC(=O)C(CN1CC[C@@H](C)[C@@H](C)[C@@H]1c1cccc(O)c1)[C@H](O)c1ccccc1. The molecule has 3 rings (SSSR count). The molecule has 184 valence electrons. The first-order chi connectivity index (χ1) is 16.3. The summed E-state index contributed by atoms with van der Waals surface area (Å²) in [5, 5.41) is 24.0. The molecule has 1 fully saturated rings. The van der Waals surface area contributed by atoms with Crippen LogP contribution in [0.15, 0.2) is 54.6 Å². The molecule has 0 aliphatic carbocycles. The number of benzene rings is 2. The predicted molar refractivity (Wildman–Crippen MR) is 130 cm³/mol. The van der Waals surface area contributed by atoms with E-state index in [0.717, 1.165) is 18.5 Å². The van der Waals surface area contributed by atoms with Crippen LogP contribution < -0.4 is 5.32 Å². The fourth-order valence-electron chi connectivity index (χ4n) is 4.81. The Hall–Kier alpha value is -2.90. The van der Waals surface area contributed by atoms with Gasteiger partial charge in [0, 0.05) is 12.6 Å². The Kier molecular flexibility index (Phi) is 9.07. The molecule has 34 heavy (non-hydrogen) atoms. The number of likely N-dealkylation sites (tertiary alicyclic amines) is 1. The van der Waals surface area contributed by atoms with E-state index in [1.807, 2.05) is 30.3 Å². The van der Waals surface area contributed by atoms with Gasteiger partial charge in [-0.3, -0.25) is 14.5 Å². The molecule has 1 heterocycles. The molecule has 1 unspecified atom stereocenters. The Bertz CT molecular complexity index is 951. The number of hydrogen-bond acceptors (Lipinski definition) is 6. The van der Waals surface area contributed by atoms with E-state index in [1.165, 1.54) is 0 Å². The Balaban J connectivity index is 1.88. The van der Waals surface area contributed by atoms with Gasteiger partial charge in [-0.25, -0.2) is 0 Å². The van der Waals surface area contributed by atoms with Gasteiger partial charge in [-0.05, 0) is 55.0 Å². The molecule has 0 aromatic heterocycles. The summed E-state index contributed by atoms with van der Waals surface area (Å²) in [5.41, 5.74) is 1.63. The van der Waals surface area contributed by atoms with Crippen LogP contribution in [0.25, 0.3) is 0 Å². The maximum atomic E-state index is 13.2. The number of aliphatic hydroxyl groups is 1. The Morgan fingerprint density at radius 1 is 1.15 bits per heavy atom. The van der Waals surface area contributed by atoms with Crippen molar-refractivity contribution in [3.05, 3.63) is 65.7 Å². The fraction of sp³-hybridized carbons (Fsp3) is 0.481. The molecule has 2 aromatic carbocycles. The van der Waals surface area contributed by atoms with Gasteiger partial charge in [-0.2, -0.15) is 0 Å². The number of rotatable bonds is 9. The van der Waals surface area contributed by atoms with Crippen LogP contribution in [0.4, 0.5) is 0 Å². The second-order valence-corrected chi connectivity index (χ2v) is 9.14. The number of carbonyl (C=O) groups is 2. The maximum Gasteiger partial charge on any atom is 0.325 e. The van der Waals surface area contributed by atoms with Crippen molar-refractivity contribution in [2.24, 2.45) is 17.8 Å². The minimum Gasteiger partial charge on any atom is -0.508 e. The molecule has 0 spiro atoms. The summed E-state index contributed by atoms with van der Waals surface area (Å²) in [5.74, 6) is -0.744. The van der Waals surface area contributed by atoms with E-state index in [9.17, 15) is 19.8 Å². The number of phenols is 1. The third-order valence-corrected chi connectivity index (χ3v) is 6.87. The highest BCUT2D eigenvalue weighted by atomic mass is 16.5. The van der Waals surface area contributed by atoms with E-state index >= 15 is 0 Å². The molecule has 5 atom stereocenters. The number of piperidine rings is 1. The van der Waals surface area contributed by atoms with Crippen LogP contribution in [-0.4, -0.2) is 53.2 Å². The molecule has 1 aliphatic heterocycles. The van der Waals surface area contributed by atoms with Crippen LogP contribution >= 0.6 is 0 Å². The molecule has 1 amide bonds. The summed E-state index contributed by atoms with van der Waals surface area (Å²) in [4.78, 5) is 27.3. The Morgan fingerprint density at radius 3 is 2.56 bits per heavy atom. The maximum absolute atomic E-state index is 13.2. The molecular weight excluding hydrogens is 432 g/mol. The fourth-order valence-corrected chi connectivity index (χ4v) is 4.81. The summed E-state index contributed by atoms with van der Waals surface area (Å²) in [6.45, 7) is 7.18. The van der Waals surface area contributed by atoms with Crippen LogP contribution in [0.2, 0.25) is 0 Å². The molecular formula is C27H36N2O5. The van der Waals surface area contributed by atoms with Crippen molar-refractivity contribution in [1.29, 1.82) is 0 Å². The molecule has 7 nitrogen and oxygen atoms in total. The summed E-state index contributed by atoms with van der Waals surface area (Å²) in [7, 11) is 0. The van der Waals surface area contributed by atoms with Gasteiger partial charge in [0.15, 0.2) is 0 Å². The van der Waals surface area contributed by atoms with Gasteiger partial charge in [0.1, 0.15) is 12.3 Å². The number of ether oxygens (including phenoxy) is 1. The van der Waals surface area contributed by atoms with Gasteiger partial charge >= 0.3 is 5.97 Å². The summed E-state index contributed by atoms with van der Waals surface area (Å²) >= 11 is 0. The first kappa shape index (κ1) is 25.7. The predicted octanol–water partition coefficient (Wildman–Crippen LogP) is 3.44. The lowest BCUT2D eigenvalue weighted by Gasteiger charge is -2.45. The van der Waals surface area contributed by atoms with Crippen LogP contribution in [0.3, 0.4) is 0 Å². The molecule has 1 aliphatic rings. The largest absolute Gasteiger partial charge is 0.508 e. The third kappa shape index (κ3) is 6.36. The van der Waals surface area contributed by atoms with E-state index in [2.05, 4.69) is 24.1 Å². The number of esters is 1. The highest BCUT2D eigenvalue weighted by Crippen LogP contribution is 2.41. The lowest BCUT2D eigenvalue weighted by atomic mass is 9.78. The summed E-state index contributed by atoms with van der Waals surface area (Å²) in [6, 6.07) is 16.3. The molecule has 0 bridgehead atoms. The zero-order valence-electron chi connectivity index (χ0n) is 20.2. The minimum absolute atomic E-state index is 0.0146. The number of aromatic hydroxyl groups is 1. The monoisotopic (exact) mass is 468 g/mol. The van der Waals surface area contributed by atoms with E-state index < -0.39 is 23.9 Å². The van der Waals surface area contributed by atoms with E-state index in [0.29, 0.717) is 18.0 Å². The highest BCUT2D eigenvalue weighted by Gasteiger charge is 2.38. The average molecular weight is 469 g/mol. The molecule has 3 N–H and O–H groups in total. The molecule has 1 saturated heterocycles. The standard InChI is InChI=1S/C27H36N2O5/c1-4-34-24(31)16-28-27(33)23(26(32)20-9-6-5-7-10-20)17-29-14-13-18(2)19(3)25(29)21-11-8-12-22(30)15-21/h5-12,15,18-19,23,25-26,30,32H,4,13-14,16-17H2,1-3H3,(H,28,33)/t18-,19-,23?,25-,26-/m1/s1. The van der Waals surface area contributed by atoms with E-state index in [-0.39, 0.29) is 30.9 Å². The molecule has 0 saturated carbocycles. The van der Waals surface area contributed by atoms with Crippen molar-refractivity contribution in [2.45, 2.75) is 39.3 Å². The first-order valence-electron chi connectivity index (χ1n) is 12.0. The van der Waals surface area contributed by atoms with E-state index in [1.54, 1.807) is 31.2 Å². The first-order valence-corrected chi connectivity index (χ1v) is 12.0. The lowest BCUT2D eigenvalue weighted by molar-refractivity contribution is -0.144. The number of phenolic OH excluding ortho intramolecular Hbond substituents is 1. The average Bonchev–Trinajstić information content (AvgIpc) is 2.83. The van der Waals surface area contributed by atoms with Gasteiger partial charge in [0.05, 0.1) is 18.6 Å². The minimum atomic E-state index is -1.04. The van der Waals surface area contributed by atoms with Gasteiger partial charge in [-0.1, -0.05) is 56.3 Å². The zero-order valence-corrected chi connectivity index (χ0v) is 20.2. The number of nitrogens with zero attached hydrogens (tertiary/aromatic N) is 1. The topological polar surface area (TPSA) is 99.1 Å². The molecule has 2 aromatic rings. The normalized spacial score (nSPS) is 22.5. The van der Waals surface area contributed by atoms with Gasteiger partial charge in [0.2, 0.25) is 5.91 Å². The van der Waals surface area contributed by atoms with Crippen molar-refractivity contribution in [3.8, 4) is 5.75 Å².